The minimum atomic E-state index is -0.765. The second-order valence-corrected chi connectivity index (χ2v) is 20.2. The number of unbranched alkanes of at least 4 members (excludes halogenated alkanes) is 5. The number of carbonyl (C=O) groups excluding carboxylic acids is 4. The molecule has 372 valence electrons. The van der Waals surface area contributed by atoms with Crippen LogP contribution in [0, 0.1) is 12.8 Å². The van der Waals surface area contributed by atoms with E-state index in [-0.39, 0.29) is 54.2 Å². The molecule has 0 bridgehead atoms. The summed E-state index contributed by atoms with van der Waals surface area (Å²) in [5.74, 6) is 1.88. The van der Waals surface area contributed by atoms with Crippen LogP contribution >= 0.6 is 15.9 Å². The Bertz CT molecular complexity index is 2390. The third-order valence-electron chi connectivity index (χ3n) is 14.3. The molecule has 4 aromatic rings. The lowest BCUT2D eigenvalue weighted by atomic mass is 9.83. The number of aromatic nitrogens is 2. The van der Waals surface area contributed by atoms with Gasteiger partial charge in [0.1, 0.15) is 23.7 Å². The Balaban J connectivity index is 0.886. The first-order chi connectivity index (χ1) is 33.4. The number of benzene rings is 3. The van der Waals surface area contributed by atoms with Crippen LogP contribution in [0.5, 0.6) is 11.5 Å². The highest BCUT2D eigenvalue weighted by molar-refractivity contribution is 9.10. The third-order valence-corrected chi connectivity index (χ3v) is 14.8. The first kappa shape index (κ1) is 51.6. The van der Waals surface area contributed by atoms with Crippen molar-refractivity contribution in [3.05, 3.63) is 87.7 Å². The van der Waals surface area contributed by atoms with Crippen LogP contribution in [0.15, 0.2) is 65.1 Å². The number of aryl methyl sites for hydroxylation is 2. The number of nitrogens with one attached hydrogen (secondary N) is 5. The van der Waals surface area contributed by atoms with Gasteiger partial charge < -0.3 is 41.0 Å². The normalized spacial score (nSPS) is 19.5. The summed E-state index contributed by atoms with van der Waals surface area (Å²) in [6.45, 7) is 6.52. The number of rotatable bonds is 22. The van der Waals surface area contributed by atoms with Crippen molar-refractivity contribution in [1.82, 2.24) is 36.1 Å². The van der Waals surface area contributed by atoms with Crippen LogP contribution in [0.25, 0.3) is 10.9 Å². The number of likely N-dealkylation sites (tertiary alicyclic amines) is 1. The molecule has 1 saturated heterocycles. The van der Waals surface area contributed by atoms with Gasteiger partial charge in [0.05, 0.1) is 37.4 Å². The van der Waals surface area contributed by atoms with Crippen molar-refractivity contribution >= 4 is 56.3 Å². The lowest BCUT2D eigenvalue weighted by molar-refractivity contribution is -0.143. The Kier molecular flexibility index (Phi) is 18.7. The summed E-state index contributed by atoms with van der Waals surface area (Å²) in [4.78, 5) is 66.7. The highest BCUT2D eigenvalue weighted by Gasteiger charge is 2.45. The van der Waals surface area contributed by atoms with Gasteiger partial charge in [0.2, 0.25) is 23.6 Å². The molecule has 2 heterocycles. The molecule has 2 fully saturated rings. The highest BCUT2D eigenvalue weighted by atomic mass is 79.9. The van der Waals surface area contributed by atoms with Crippen LogP contribution in [-0.4, -0.2) is 90.0 Å². The number of hydrogen-bond donors (Lipinski definition) is 5. The summed E-state index contributed by atoms with van der Waals surface area (Å²) in [6, 6.07) is 17.8. The van der Waals surface area contributed by atoms with Crippen molar-refractivity contribution < 1.29 is 28.7 Å². The van der Waals surface area contributed by atoms with Crippen LogP contribution in [0.2, 0.25) is 0 Å². The molecule has 6 atom stereocenters. The molecule has 5 N–H and O–H groups in total. The highest BCUT2D eigenvalue weighted by Crippen LogP contribution is 2.36. The zero-order chi connectivity index (χ0) is 48.9. The zero-order valence-corrected chi connectivity index (χ0v) is 42.8. The summed E-state index contributed by atoms with van der Waals surface area (Å²) in [7, 11) is 3.36. The molecule has 4 amide bonds. The van der Waals surface area contributed by atoms with Crippen LogP contribution in [0.1, 0.15) is 145 Å². The fraction of sp³-hybridized carbons (Fsp3) is 0.556. The van der Waals surface area contributed by atoms with E-state index in [1.165, 1.54) is 5.56 Å². The van der Waals surface area contributed by atoms with Gasteiger partial charge in [-0.25, -0.2) is 9.97 Å². The number of methoxy groups -OCH3 is 1. The van der Waals surface area contributed by atoms with Crippen molar-refractivity contribution in [3.63, 3.8) is 0 Å². The lowest BCUT2D eigenvalue weighted by Crippen LogP contribution is -2.58. The molecular formula is C54H73BrN8O6. The molecular weight excluding hydrogens is 937 g/mol. The molecule has 1 aromatic heterocycles. The average Bonchev–Trinajstić information content (AvgIpc) is 3.78. The average molecular weight is 1010 g/mol. The third kappa shape index (κ3) is 13.7. The molecule has 14 nitrogen and oxygen atoms in total. The Labute approximate surface area is 416 Å². The predicted octanol–water partition coefficient (Wildman–Crippen LogP) is 8.94. The predicted molar refractivity (Wildman–Crippen MR) is 274 cm³/mol. The lowest BCUT2D eigenvalue weighted by Gasteiger charge is -2.35. The Morgan fingerprint density at radius 1 is 0.855 bits per heavy atom. The number of ether oxygens (including phenoxy) is 2. The van der Waals surface area contributed by atoms with Crippen LogP contribution < -0.4 is 36.1 Å². The van der Waals surface area contributed by atoms with Gasteiger partial charge in [-0.2, -0.15) is 0 Å². The fourth-order valence-corrected chi connectivity index (χ4v) is 10.7. The van der Waals surface area contributed by atoms with Crippen LogP contribution in [0.4, 0.5) is 5.82 Å². The van der Waals surface area contributed by atoms with Crippen LogP contribution in [0.3, 0.4) is 0 Å². The Morgan fingerprint density at radius 3 is 2.39 bits per heavy atom. The molecule has 1 aliphatic heterocycles. The number of carbonyl (C=O) groups is 4. The monoisotopic (exact) mass is 1010 g/mol. The number of likely N-dealkylation sites (N-methyl/N-ethyl adjacent to an activating group) is 1. The van der Waals surface area contributed by atoms with Gasteiger partial charge in [0, 0.05) is 34.9 Å². The van der Waals surface area contributed by atoms with Crippen molar-refractivity contribution in [2.24, 2.45) is 5.92 Å². The fourth-order valence-electron chi connectivity index (χ4n) is 10.3. The number of hydrogen-bond acceptors (Lipinski definition) is 10. The first-order valence-electron chi connectivity index (χ1n) is 25.4. The quantitative estimate of drug-likeness (QED) is 0.0478. The maximum absolute atomic E-state index is 14.7. The number of nitrogens with zero attached hydrogens (tertiary/aromatic N) is 3. The standard InChI is InChI=1S/C54H73BrN8O6/c1-34(39-23-17-24-40(55)29-39)57-51-43-31-47(68-5)48(32-45(43)58-36(3)59-51)69-28-16-9-7-6-8-13-27-49(64)60-41-30-46(53(66)61-44-26-18-22-37-19-14-15-25-42(37)44)63(33-41)54(67)50(38-20-11-10-12-21-38)62-52(65)35(2)56-4/h14-15,17,19,23-25,29,31-32,34-35,38,41,44,46,50,56H,6-13,16,18,20-22,26-28,30,33H2,1-5H3,(H,60,64)(H,61,66)(H,62,65)(H,57,58,59)/t34-,35+,41+,44-,46+,50+/m1/s1. The van der Waals surface area contributed by atoms with Crippen molar-refractivity contribution in [2.45, 2.75) is 160 Å². The van der Waals surface area contributed by atoms with Gasteiger partial charge in [-0.1, -0.05) is 97.3 Å². The van der Waals surface area contributed by atoms with Gasteiger partial charge in [0.15, 0.2) is 11.5 Å². The molecule has 3 aliphatic rings. The molecule has 69 heavy (non-hydrogen) atoms. The van der Waals surface area contributed by atoms with E-state index in [1.807, 2.05) is 43.3 Å². The van der Waals surface area contributed by atoms with Gasteiger partial charge in [-0.05, 0) is 120 Å². The largest absolute Gasteiger partial charge is 0.493 e. The summed E-state index contributed by atoms with van der Waals surface area (Å²) in [5, 5.41) is 17.0. The number of anilines is 1. The Morgan fingerprint density at radius 2 is 1.62 bits per heavy atom. The van der Waals surface area contributed by atoms with Crippen molar-refractivity contribution in [2.75, 3.05) is 32.6 Å². The van der Waals surface area contributed by atoms with E-state index in [1.54, 1.807) is 26.0 Å². The molecule has 15 heteroatoms. The minimum Gasteiger partial charge on any atom is -0.493 e. The van der Waals surface area contributed by atoms with Gasteiger partial charge in [0.25, 0.3) is 0 Å². The van der Waals surface area contributed by atoms with E-state index in [0.717, 1.165) is 122 Å². The first-order valence-corrected chi connectivity index (χ1v) is 26.2. The summed E-state index contributed by atoms with van der Waals surface area (Å²) >= 11 is 3.57. The summed E-state index contributed by atoms with van der Waals surface area (Å²) < 4.78 is 13.0. The van der Waals surface area contributed by atoms with E-state index in [0.29, 0.717) is 36.8 Å². The van der Waals surface area contributed by atoms with Crippen molar-refractivity contribution in [3.8, 4) is 11.5 Å². The van der Waals surface area contributed by atoms with Crippen molar-refractivity contribution in [1.29, 1.82) is 0 Å². The molecule has 2 aliphatic carbocycles. The maximum atomic E-state index is 14.7. The van der Waals surface area contributed by atoms with E-state index >= 15 is 0 Å². The second kappa shape index (κ2) is 25.0. The molecule has 3 aromatic carbocycles. The minimum absolute atomic E-state index is 0.0144. The van der Waals surface area contributed by atoms with E-state index < -0.39 is 18.1 Å². The maximum Gasteiger partial charge on any atom is 0.246 e. The van der Waals surface area contributed by atoms with E-state index in [2.05, 4.69) is 73.7 Å². The molecule has 1 saturated carbocycles. The topological polar surface area (TPSA) is 176 Å². The summed E-state index contributed by atoms with van der Waals surface area (Å²) in [5.41, 5.74) is 4.27. The smallest absolute Gasteiger partial charge is 0.246 e. The van der Waals surface area contributed by atoms with Gasteiger partial charge >= 0.3 is 0 Å². The summed E-state index contributed by atoms with van der Waals surface area (Å²) in [6.07, 6.45) is 13.8. The second-order valence-electron chi connectivity index (χ2n) is 19.3. The van der Waals surface area contributed by atoms with E-state index in [4.69, 9.17) is 19.4 Å². The van der Waals surface area contributed by atoms with Crippen LogP contribution in [-0.2, 0) is 25.6 Å². The molecule has 0 spiro atoms. The number of halogens is 1. The Hall–Kier alpha value is -5.28. The molecule has 0 unspecified atom stereocenters. The van der Waals surface area contributed by atoms with Gasteiger partial charge in [-0.15, -0.1) is 0 Å². The van der Waals surface area contributed by atoms with Gasteiger partial charge in [-0.3, -0.25) is 19.2 Å². The number of amides is 4. The molecule has 7 rings (SSSR count). The zero-order valence-electron chi connectivity index (χ0n) is 41.2. The van der Waals surface area contributed by atoms with E-state index in [9.17, 15) is 19.2 Å². The molecule has 0 radical (unpaired) electrons. The SMILES string of the molecule is CN[C@@H](C)C(=O)N[C@H](C(=O)N1C[C@@H](NC(=O)CCCCCCCCOc2cc3nc(C)nc(N[C@H](C)c4cccc(Br)c4)c3cc2OC)C[C@H]1C(=O)N[C@@H]1CCCc2ccccc21)C1CCCCC1. The number of fused-ring (bicyclic) bond motifs is 2.